The summed E-state index contributed by atoms with van der Waals surface area (Å²) >= 11 is 0. The summed E-state index contributed by atoms with van der Waals surface area (Å²) < 4.78 is 0. The Hall–Kier alpha value is -6.88. The number of hydrogen-bond acceptors (Lipinski definition) is 20. The Labute approximate surface area is 579 Å². The maximum absolute atomic E-state index is 12.1. The molecule has 92 heavy (non-hydrogen) atoms. The van der Waals surface area contributed by atoms with Crippen molar-refractivity contribution in [2.45, 2.75) is 104 Å². The Morgan fingerprint density at radius 1 is 0.326 bits per heavy atom. The summed E-state index contributed by atoms with van der Waals surface area (Å²) in [7, 11) is 0. The molecule has 0 fully saturated rings. The molecule has 0 bridgehead atoms. The van der Waals surface area contributed by atoms with Gasteiger partial charge in [-0.1, -0.05) is 121 Å². The quantitative estimate of drug-likeness (QED) is 0.0357. The number of Topliss-reactive ketones (excluding diaryl/α,β-unsaturated/α-hetero) is 4. The van der Waals surface area contributed by atoms with Crippen LogP contribution >= 0.6 is 0 Å². The van der Waals surface area contributed by atoms with E-state index in [0.29, 0.717) is 67.4 Å². The van der Waals surface area contributed by atoms with E-state index < -0.39 is 24.4 Å². The summed E-state index contributed by atoms with van der Waals surface area (Å²) in [6.07, 6.45) is 9.32. The number of aliphatic hydroxyl groups excluding tert-OH is 8. The van der Waals surface area contributed by atoms with Gasteiger partial charge in [0.05, 0.1) is 97.9 Å². The average Bonchev–Trinajstić information content (AvgIpc) is 1.51. The van der Waals surface area contributed by atoms with E-state index in [2.05, 4.69) is 41.2 Å². The van der Waals surface area contributed by atoms with Gasteiger partial charge >= 0.3 is 0 Å². The van der Waals surface area contributed by atoms with E-state index in [0.717, 1.165) is 22.3 Å². The van der Waals surface area contributed by atoms with Crippen molar-refractivity contribution in [2.75, 3.05) is 26.4 Å². The van der Waals surface area contributed by atoms with Crippen LogP contribution in [-0.4, -0.2) is 137 Å². The van der Waals surface area contributed by atoms with Crippen molar-refractivity contribution in [1.82, 2.24) is 21.3 Å². The zero-order valence-electron chi connectivity index (χ0n) is 51.8. The number of carbonyl (C=O) groups is 4. The fourth-order valence-corrected chi connectivity index (χ4v) is 8.69. The fraction of sp³-hybridized carbons (Fsp3) is 0.294. The number of hydrogen-bond donors (Lipinski definition) is 12. The molecule has 0 saturated heterocycles. The van der Waals surface area contributed by atoms with E-state index in [1.54, 1.807) is 52.5 Å². The molecule has 4 aliphatic heterocycles. The van der Waals surface area contributed by atoms with Crippen molar-refractivity contribution in [3.8, 4) is 0 Å². The molecule has 0 spiro atoms. The number of nitrogens with zero attached hydrogens (tertiary/aromatic N) is 4. The van der Waals surface area contributed by atoms with Gasteiger partial charge in [-0.25, -0.2) is 0 Å². The van der Waals surface area contributed by atoms with E-state index in [-0.39, 0.29) is 142 Å². The topological polar surface area (TPSA) is 328 Å². The van der Waals surface area contributed by atoms with Gasteiger partial charge in [0.25, 0.3) is 0 Å². The summed E-state index contributed by atoms with van der Waals surface area (Å²) in [5.41, 5.74) is 8.05. The third-order valence-corrected chi connectivity index (χ3v) is 14.4. The Morgan fingerprint density at radius 2 is 0.489 bits per heavy atom. The Kier molecular flexibility index (Phi) is 38.3. The first-order valence-corrected chi connectivity index (χ1v) is 28.5. The predicted molar refractivity (Wildman–Crippen MR) is 341 cm³/mol. The van der Waals surface area contributed by atoms with Crippen molar-refractivity contribution >= 4 is 46.0 Å². The van der Waals surface area contributed by atoms with Gasteiger partial charge < -0.3 is 62.1 Å². The molecule has 0 amide bonds. The largest absolute Gasteiger partial charge is 0.392 e. The first kappa shape index (κ1) is 83.1. The molecular formula is C68H80Cu4N8O12. The second-order valence-corrected chi connectivity index (χ2v) is 20.9. The van der Waals surface area contributed by atoms with Gasteiger partial charge in [-0.05, 0) is 77.6 Å². The maximum atomic E-state index is 12.1. The van der Waals surface area contributed by atoms with Gasteiger partial charge in [0.1, 0.15) is 0 Å². The Morgan fingerprint density at radius 3 is 0.641 bits per heavy atom. The molecule has 24 heteroatoms. The number of rotatable bonds is 20. The molecule has 12 N–H and O–H groups in total. The van der Waals surface area contributed by atoms with E-state index in [9.17, 15) is 60.0 Å². The molecule has 20 nitrogen and oxygen atoms in total. The molecule has 4 aliphatic rings. The normalized spacial score (nSPS) is 18.6. The average molecular weight is 1460 g/mol. The van der Waals surface area contributed by atoms with Crippen LogP contribution in [0.4, 0.5) is 0 Å². The van der Waals surface area contributed by atoms with Gasteiger partial charge in [-0.15, -0.1) is 0 Å². The predicted octanol–water partition coefficient (Wildman–Crippen LogP) is 6.00. The molecular weight excluding hydrogens is 1370 g/mol. The third kappa shape index (κ3) is 23.9. The molecule has 4 aromatic rings. The van der Waals surface area contributed by atoms with Gasteiger partial charge in [-0.3, -0.25) is 39.1 Å². The van der Waals surface area contributed by atoms with Gasteiger partial charge in [0.2, 0.25) is 23.1 Å². The molecule has 4 aromatic carbocycles. The summed E-state index contributed by atoms with van der Waals surface area (Å²) in [6, 6.07) is 36.0. The van der Waals surface area contributed by atoms with Crippen LogP contribution in [0, 0.1) is 0 Å². The van der Waals surface area contributed by atoms with Crippen LogP contribution < -0.4 is 21.3 Å². The number of nitrogens with one attached hydrogen (secondary N) is 4. The van der Waals surface area contributed by atoms with Gasteiger partial charge in [0.15, 0.2) is 0 Å². The van der Waals surface area contributed by atoms with Crippen LogP contribution in [0.25, 0.3) is 0 Å². The zero-order chi connectivity index (χ0) is 64.5. The minimum atomic E-state index is -0.701. The van der Waals surface area contributed by atoms with Crippen molar-refractivity contribution in [3.05, 3.63) is 238 Å². The SMILES string of the molecule is CC1=NC=C(CO)C(=CNC(C)C(O)c2ccccc2)C1=O.CC1=NC=C(CO)C(=CNC(C)C(O)c2ccccc2)C1=O.CC1=NC=C(CO)C(=CNC(C)C(O)c2ccccc2)C1=O.CC1=NC=C(CO)C(=CNC(C)C(O)c2ccccc2)C1=O.[Cu].[Cu].[Cu].[Cu]. The zero-order valence-corrected chi connectivity index (χ0v) is 55.6. The van der Waals surface area contributed by atoms with Crippen LogP contribution in [0.5, 0.6) is 0 Å². The van der Waals surface area contributed by atoms with E-state index in [1.807, 2.05) is 149 Å². The summed E-state index contributed by atoms with van der Waals surface area (Å²) in [5, 5.41) is 90.5. The maximum Gasteiger partial charge on any atom is 0.208 e. The summed E-state index contributed by atoms with van der Waals surface area (Å²) in [6.45, 7) is 12.8. The molecule has 8 atom stereocenters. The van der Waals surface area contributed by atoms with Crippen LogP contribution in [0.15, 0.2) is 235 Å². The molecule has 8 rings (SSSR count). The molecule has 8 unspecified atom stereocenters. The first-order chi connectivity index (χ1) is 42.2. The molecule has 4 radical (unpaired) electrons. The number of carbonyl (C=O) groups excluding carboxylic acids is 4. The number of ketones is 4. The van der Waals surface area contributed by atoms with Gasteiger partial charge in [0, 0.05) is 162 Å². The number of aliphatic imine (C=N–C) groups is 4. The molecule has 0 aromatic heterocycles. The number of benzene rings is 4. The van der Waals surface area contributed by atoms with Crippen molar-refractivity contribution in [3.63, 3.8) is 0 Å². The second kappa shape index (κ2) is 42.4. The Balaban J connectivity index is 0.000000605. The van der Waals surface area contributed by atoms with Gasteiger partial charge in [-0.2, -0.15) is 0 Å². The van der Waals surface area contributed by atoms with E-state index in [4.69, 9.17) is 0 Å². The van der Waals surface area contributed by atoms with Crippen molar-refractivity contribution in [1.29, 1.82) is 0 Å². The monoisotopic (exact) mass is 1450 g/mol. The van der Waals surface area contributed by atoms with Crippen molar-refractivity contribution < 1.29 is 128 Å². The standard InChI is InChI=1S/4C17H20N2O3.4Cu/c4*1-11(16(21)13-6-4-3-5-7-13)19-9-15-14(10-20)8-18-12(2)17(15)22;;;;/h4*3-9,11,16,19-21H,10H2,1-2H3;;;;. The number of aliphatic hydroxyl groups is 8. The van der Waals surface area contributed by atoms with E-state index >= 15 is 0 Å². The fourth-order valence-electron chi connectivity index (χ4n) is 8.69. The van der Waals surface area contributed by atoms with Crippen LogP contribution in [-0.2, 0) is 87.5 Å². The molecule has 0 aliphatic carbocycles. The minimum absolute atomic E-state index is 0. The van der Waals surface area contributed by atoms with Crippen LogP contribution in [0.2, 0.25) is 0 Å². The van der Waals surface area contributed by atoms with Crippen LogP contribution in [0.1, 0.15) is 102 Å². The Bertz CT molecular complexity index is 3010. The minimum Gasteiger partial charge on any atom is -0.392 e. The summed E-state index contributed by atoms with van der Waals surface area (Å²) in [5.74, 6) is -0.887. The van der Waals surface area contributed by atoms with E-state index in [1.165, 1.54) is 24.8 Å². The summed E-state index contributed by atoms with van der Waals surface area (Å²) in [4.78, 5) is 64.2. The van der Waals surface area contributed by atoms with Crippen molar-refractivity contribution in [2.24, 2.45) is 20.0 Å². The second-order valence-electron chi connectivity index (χ2n) is 20.9. The first-order valence-electron chi connectivity index (χ1n) is 28.5. The molecule has 508 valence electrons. The third-order valence-electron chi connectivity index (χ3n) is 14.4. The molecule has 0 saturated carbocycles. The smallest absolute Gasteiger partial charge is 0.208 e. The molecule has 4 heterocycles. The van der Waals surface area contributed by atoms with Crippen LogP contribution in [0.3, 0.4) is 0 Å².